The SMILES string of the molecule is CC1CCN(CCCF)C1.Cc1ccc(C2=C(c3ccc(Cl)cc3C)CCCc3cc(N)ccc32)cc1. The zero-order valence-corrected chi connectivity index (χ0v) is 23.3. The van der Waals surface area contributed by atoms with Crippen LogP contribution in [0.2, 0.25) is 5.02 Å². The Labute approximate surface area is 227 Å². The zero-order chi connectivity index (χ0) is 26.4. The van der Waals surface area contributed by atoms with Crippen LogP contribution in [0.25, 0.3) is 11.1 Å². The van der Waals surface area contributed by atoms with E-state index < -0.39 is 0 Å². The molecule has 0 radical (unpaired) electrons. The minimum absolute atomic E-state index is 0.162. The number of alkyl halides is 1. The molecule has 0 amide bonds. The summed E-state index contributed by atoms with van der Waals surface area (Å²) in [5.41, 5.74) is 17.3. The van der Waals surface area contributed by atoms with Gasteiger partial charge in [0.15, 0.2) is 0 Å². The van der Waals surface area contributed by atoms with Crippen LogP contribution in [0.3, 0.4) is 0 Å². The largest absolute Gasteiger partial charge is 0.399 e. The summed E-state index contributed by atoms with van der Waals surface area (Å²) in [6.45, 7) is 9.70. The van der Waals surface area contributed by atoms with E-state index in [1.165, 1.54) is 64.0 Å². The molecule has 1 atom stereocenters. The van der Waals surface area contributed by atoms with Crippen LogP contribution in [-0.2, 0) is 6.42 Å². The Morgan fingerprint density at radius 3 is 2.41 bits per heavy atom. The summed E-state index contributed by atoms with van der Waals surface area (Å²) >= 11 is 6.23. The van der Waals surface area contributed by atoms with Gasteiger partial charge in [0.05, 0.1) is 6.67 Å². The molecule has 2 aliphatic rings. The third kappa shape index (κ3) is 7.03. The predicted molar refractivity (Wildman–Crippen MR) is 158 cm³/mol. The van der Waals surface area contributed by atoms with Gasteiger partial charge in [-0.25, -0.2) is 0 Å². The van der Waals surface area contributed by atoms with Crippen LogP contribution in [0.4, 0.5) is 10.1 Å². The molecule has 3 aromatic rings. The van der Waals surface area contributed by atoms with Gasteiger partial charge in [-0.1, -0.05) is 60.5 Å². The summed E-state index contributed by atoms with van der Waals surface area (Å²) < 4.78 is 11.7. The summed E-state index contributed by atoms with van der Waals surface area (Å²) in [6, 6.07) is 21.4. The fourth-order valence-corrected chi connectivity index (χ4v) is 5.83. The molecule has 5 rings (SSSR count). The molecule has 0 aromatic heterocycles. The van der Waals surface area contributed by atoms with Gasteiger partial charge in [-0.05, 0) is 122 Å². The highest BCUT2D eigenvalue weighted by atomic mass is 35.5. The van der Waals surface area contributed by atoms with E-state index in [1.807, 2.05) is 12.1 Å². The molecule has 196 valence electrons. The van der Waals surface area contributed by atoms with Crippen LogP contribution in [0, 0.1) is 19.8 Å². The first-order valence-electron chi connectivity index (χ1n) is 13.6. The lowest BCUT2D eigenvalue weighted by molar-refractivity contribution is 0.304. The van der Waals surface area contributed by atoms with Gasteiger partial charge in [0.1, 0.15) is 0 Å². The van der Waals surface area contributed by atoms with E-state index in [9.17, 15) is 4.39 Å². The maximum absolute atomic E-state index is 11.7. The number of rotatable bonds is 5. The van der Waals surface area contributed by atoms with E-state index in [1.54, 1.807) is 0 Å². The quantitative estimate of drug-likeness (QED) is 0.343. The normalized spacial score (nSPS) is 17.7. The maximum atomic E-state index is 11.7. The standard InChI is InChI=1S/C25H24ClN.C8H16FN/c1-16-6-8-18(9-7-16)25-23-13-11-21(27)15-19(23)4-3-5-24(25)22-12-10-20(26)14-17(22)2;1-8-3-6-10(7-8)5-2-4-9/h6-15H,3-5,27H2,1-2H3;8H,2-7H2,1H3. The summed E-state index contributed by atoms with van der Waals surface area (Å²) in [5.74, 6) is 0.833. The molecule has 1 unspecified atom stereocenters. The number of aryl methyl sites for hydroxylation is 3. The number of benzene rings is 3. The van der Waals surface area contributed by atoms with Crippen molar-refractivity contribution in [3.05, 3.63) is 99.1 Å². The summed E-state index contributed by atoms with van der Waals surface area (Å²) in [7, 11) is 0. The number of fused-ring (bicyclic) bond motifs is 1. The molecule has 37 heavy (non-hydrogen) atoms. The number of nitrogen functional groups attached to an aromatic ring is 1. The molecule has 1 heterocycles. The number of hydrogen-bond donors (Lipinski definition) is 1. The van der Waals surface area contributed by atoms with Crippen LogP contribution < -0.4 is 5.73 Å². The number of hydrogen-bond acceptors (Lipinski definition) is 2. The van der Waals surface area contributed by atoms with Gasteiger partial charge in [-0.15, -0.1) is 0 Å². The lowest BCUT2D eigenvalue weighted by Gasteiger charge is -2.18. The average Bonchev–Trinajstić information content (AvgIpc) is 3.20. The molecule has 0 spiro atoms. The van der Waals surface area contributed by atoms with Gasteiger partial charge in [0.2, 0.25) is 0 Å². The first-order valence-corrected chi connectivity index (χ1v) is 14.0. The molecule has 4 heteroatoms. The maximum Gasteiger partial charge on any atom is 0.0906 e. The molecule has 2 nitrogen and oxygen atoms in total. The third-order valence-electron chi connectivity index (χ3n) is 7.54. The molecule has 1 fully saturated rings. The molecule has 0 bridgehead atoms. The van der Waals surface area contributed by atoms with Crippen molar-refractivity contribution in [3.63, 3.8) is 0 Å². The predicted octanol–water partition coefficient (Wildman–Crippen LogP) is 8.52. The molecule has 1 saturated heterocycles. The molecule has 1 aliphatic carbocycles. The Kier molecular flexibility index (Phi) is 9.45. The first kappa shape index (κ1) is 27.4. The van der Waals surface area contributed by atoms with Crippen molar-refractivity contribution in [1.82, 2.24) is 4.90 Å². The summed E-state index contributed by atoms with van der Waals surface area (Å²) in [6.07, 6.45) is 5.22. The highest BCUT2D eigenvalue weighted by Gasteiger charge is 2.21. The van der Waals surface area contributed by atoms with Crippen molar-refractivity contribution in [2.45, 2.75) is 52.9 Å². The second-order valence-electron chi connectivity index (χ2n) is 10.7. The van der Waals surface area contributed by atoms with Crippen LogP contribution in [0.15, 0.2) is 60.7 Å². The Hall–Kier alpha value is -2.62. The molecule has 1 aliphatic heterocycles. The second-order valence-corrected chi connectivity index (χ2v) is 11.1. The lowest BCUT2D eigenvalue weighted by atomic mass is 9.86. The molecule has 2 N–H and O–H groups in total. The van der Waals surface area contributed by atoms with Gasteiger partial charge in [-0.2, -0.15) is 0 Å². The van der Waals surface area contributed by atoms with E-state index >= 15 is 0 Å². The number of halogens is 2. The molecular formula is C33H40ClFN2. The van der Waals surface area contributed by atoms with E-state index in [-0.39, 0.29) is 6.67 Å². The average molecular weight is 519 g/mol. The number of nitrogens with two attached hydrogens (primary N) is 1. The summed E-state index contributed by atoms with van der Waals surface area (Å²) in [4.78, 5) is 2.35. The van der Waals surface area contributed by atoms with Crippen molar-refractivity contribution >= 4 is 28.4 Å². The number of nitrogens with zero attached hydrogens (tertiary/aromatic N) is 1. The van der Waals surface area contributed by atoms with E-state index in [2.05, 4.69) is 74.2 Å². The van der Waals surface area contributed by atoms with Crippen molar-refractivity contribution in [1.29, 1.82) is 0 Å². The van der Waals surface area contributed by atoms with Crippen molar-refractivity contribution < 1.29 is 4.39 Å². The summed E-state index contributed by atoms with van der Waals surface area (Å²) in [5, 5.41) is 0.788. The van der Waals surface area contributed by atoms with Crippen molar-refractivity contribution in [2.75, 3.05) is 32.0 Å². The first-order chi connectivity index (χ1) is 17.9. The Bertz CT molecular complexity index is 1230. The van der Waals surface area contributed by atoms with Gasteiger partial charge < -0.3 is 10.6 Å². The Morgan fingerprint density at radius 1 is 0.973 bits per heavy atom. The minimum atomic E-state index is -0.162. The fraction of sp³-hybridized carbons (Fsp3) is 0.394. The van der Waals surface area contributed by atoms with E-state index in [4.69, 9.17) is 17.3 Å². The number of likely N-dealkylation sites (tertiary alicyclic amines) is 1. The monoisotopic (exact) mass is 518 g/mol. The van der Waals surface area contributed by atoms with Crippen molar-refractivity contribution in [2.24, 2.45) is 5.92 Å². The number of anilines is 1. The molecule has 3 aromatic carbocycles. The van der Waals surface area contributed by atoms with Crippen LogP contribution in [0.1, 0.15) is 66.0 Å². The zero-order valence-electron chi connectivity index (χ0n) is 22.5. The minimum Gasteiger partial charge on any atom is -0.399 e. The lowest BCUT2D eigenvalue weighted by Crippen LogP contribution is -2.21. The highest BCUT2D eigenvalue weighted by molar-refractivity contribution is 6.30. The van der Waals surface area contributed by atoms with E-state index in [0.29, 0.717) is 6.42 Å². The smallest absolute Gasteiger partial charge is 0.0906 e. The Balaban J connectivity index is 0.000000270. The van der Waals surface area contributed by atoms with Crippen LogP contribution in [-0.4, -0.2) is 31.2 Å². The topological polar surface area (TPSA) is 29.3 Å². The highest BCUT2D eigenvalue weighted by Crippen LogP contribution is 2.41. The third-order valence-corrected chi connectivity index (χ3v) is 7.78. The van der Waals surface area contributed by atoms with Gasteiger partial charge in [0.25, 0.3) is 0 Å². The van der Waals surface area contributed by atoms with Crippen molar-refractivity contribution in [3.8, 4) is 0 Å². The fourth-order valence-electron chi connectivity index (χ4n) is 5.61. The second kappa shape index (κ2) is 12.8. The van der Waals surface area contributed by atoms with Gasteiger partial charge >= 0.3 is 0 Å². The number of allylic oxidation sites excluding steroid dienone is 1. The molecular weight excluding hydrogens is 479 g/mol. The van der Waals surface area contributed by atoms with E-state index in [0.717, 1.165) is 42.4 Å². The van der Waals surface area contributed by atoms with Gasteiger partial charge in [-0.3, -0.25) is 4.39 Å². The Morgan fingerprint density at radius 2 is 1.73 bits per heavy atom. The van der Waals surface area contributed by atoms with Crippen LogP contribution in [0.5, 0.6) is 0 Å². The molecule has 0 saturated carbocycles. The van der Waals surface area contributed by atoms with Crippen LogP contribution >= 0.6 is 11.6 Å². The van der Waals surface area contributed by atoms with Gasteiger partial charge in [0, 0.05) is 23.8 Å².